The van der Waals surface area contributed by atoms with Gasteiger partial charge in [0.1, 0.15) is 0 Å². The first-order chi connectivity index (χ1) is 1.73. The van der Waals surface area contributed by atoms with E-state index in [0.29, 0.717) is 0 Å². The van der Waals surface area contributed by atoms with Gasteiger partial charge in [-0.25, -0.2) is 0 Å². The second-order valence-corrected chi connectivity index (χ2v) is 1.22. The van der Waals surface area contributed by atoms with E-state index in [1.807, 2.05) is 0 Å². The van der Waals surface area contributed by atoms with E-state index < -0.39 is 8.01 Å². The predicted octanol–water partition coefficient (Wildman–Crippen LogP) is -0.0244. The fourth-order valence-electron chi connectivity index (χ4n) is 0. The molecule has 0 saturated carbocycles. The Labute approximate surface area is 50.6 Å². The maximum absolute atomic E-state index is 6.20. The Morgan fingerprint density at radius 2 is 1.40 bits per heavy atom. The van der Waals surface area contributed by atoms with E-state index in [1.54, 1.807) is 0 Å². The first-order valence-electron chi connectivity index (χ1n) is 0.740. The third-order valence-corrected chi connectivity index (χ3v) is 0. The summed E-state index contributed by atoms with van der Waals surface area (Å²) >= 11 is 0. The van der Waals surface area contributed by atoms with Gasteiger partial charge in [0.2, 0.25) is 0 Å². The second kappa shape index (κ2) is 4.90. The molecule has 0 saturated heterocycles. The Balaban J connectivity index is 0. The fourth-order valence-corrected chi connectivity index (χ4v) is 0. The quantitative estimate of drug-likeness (QED) is 0.446. The molecule has 0 bridgehead atoms. The van der Waals surface area contributed by atoms with Crippen molar-refractivity contribution in [3.63, 3.8) is 0 Å². The smallest absolute Gasteiger partial charge is 0.121 e. The fraction of sp³-hybridized carbons (Fsp3) is 0. The van der Waals surface area contributed by atoms with E-state index in [2.05, 4.69) is 11.0 Å². The van der Waals surface area contributed by atoms with Crippen LogP contribution in [0.15, 0.2) is 0 Å². The maximum Gasteiger partial charge on any atom is 0.384 e. The normalized spacial score (nSPS) is 5.20. The van der Waals surface area contributed by atoms with Crippen LogP contribution in [0.2, 0.25) is 0 Å². The van der Waals surface area contributed by atoms with Crippen LogP contribution in [0.25, 0.3) is 0 Å². The topological polar surface area (TPSA) is 75.9 Å². The van der Waals surface area contributed by atoms with Crippen LogP contribution in [0.1, 0.15) is 0 Å². The minimum Gasteiger partial charge on any atom is -0.121 e. The Morgan fingerprint density at radius 3 is 1.40 bits per heavy atom. The number of hydrogen-bond donors (Lipinski definition) is 3. The van der Waals surface area contributed by atoms with Gasteiger partial charge in [-0.1, -0.05) is 5.16 Å². The van der Waals surface area contributed by atoms with Gasteiger partial charge in [0.15, 0.2) is 0 Å². The second-order valence-electron chi connectivity index (χ2n) is 0.407. The number of hydrogen-bond acceptors (Lipinski definition) is 1. The molecule has 5 N–H and O–H groups in total. The van der Waals surface area contributed by atoms with E-state index in [1.165, 1.54) is 0 Å². The molecule has 0 aromatic rings. The van der Waals surface area contributed by atoms with Gasteiger partial charge >= 0.3 is 8.01 Å². The first kappa shape index (κ1) is 9.32. The van der Waals surface area contributed by atoms with Crippen molar-refractivity contribution in [1.29, 1.82) is 5.16 Å². The summed E-state index contributed by atoms with van der Waals surface area (Å²) in [5.41, 5.74) is 9.24. The SMILES string of the molecule is N=[P+](N)N.[Zr]. The standard InChI is InChI=1S/H5N3P.Zr/c1-4(2)3;/h(H5,1,2,3);/q+1;. The Bertz CT molecular complexity index is 29.9. The van der Waals surface area contributed by atoms with E-state index >= 15 is 0 Å². The van der Waals surface area contributed by atoms with Crippen LogP contribution in [-0.4, -0.2) is 0 Å². The van der Waals surface area contributed by atoms with Crippen molar-refractivity contribution in [2.45, 2.75) is 0 Å². The molecular formula is H5N3PZr+. The van der Waals surface area contributed by atoms with Gasteiger partial charge in [0.25, 0.3) is 0 Å². The summed E-state index contributed by atoms with van der Waals surface area (Å²) in [6.07, 6.45) is 0. The molecule has 3 nitrogen and oxygen atoms in total. The summed E-state index contributed by atoms with van der Waals surface area (Å²) in [4.78, 5) is 0. The third kappa shape index (κ3) is 50.7. The van der Waals surface area contributed by atoms with Crippen LogP contribution < -0.4 is 11.0 Å². The minimum atomic E-state index is -1.37. The van der Waals surface area contributed by atoms with Crippen molar-refractivity contribution in [3.05, 3.63) is 0 Å². The van der Waals surface area contributed by atoms with Crippen molar-refractivity contribution in [3.8, 4) is 0 Å². The van der Waals surface area contributed by atoms with Crippen LogP contribution in [0.5, 0.6) is 0 Å². The van der Waals surface area contributed by atoms with E-state index in [0.717, 1.165) is 0 Å². The van der Waals surface area contributed by atoms with Gasteiger partial charge < -0.3 is 0 Å². The Morgan fingerprint density at radius 1 is 1.40 bits per heavy atom. The summed E-state index contributed by atoms with van der Waals surface area (Å²) in [5.74, 6) is 0. The molecule has 0 amide bonds. The summed E-state index contributed by atoms with van der Waals surface area (Å²) in [6, 6.07) is 0. The molecule has 0 atom stereocenters. The van der Waals surface area contributed by atoms with Gasteiger partial charge in [-0.2, -0.15) is 0 Å². The van der Waals surface area contributed by atoms with E-state index in [-0.39, 0.29) is 26.2 Å². The average Bonchev–Trinajstić information content (AvgIpc) is 0.811. The molecule has 0 aliphatic rings. The third-order valence-electron chi connectivity index (χ3n) is 0. The van der Waals surface area contributed by atoms with Gasteiger partial charge in [-0.05, 0) is 0 Å². The summed E-state index contributed by atoms with van der Waals surface area (Å²) < 4.78 is 0. The molecular weight excluding hydrogens is 164 g/mol. The van der Waals surface area contributed by atoms with Crippen LogP contribution in [0, 0.1) is 5.16 Å². The molecule has 0 aromatic heterocycles. The maximum atomic E-state index is 6.20. The van der Waals surface area contributed by atoms with Crippen molar-refractivity contribution < 1.29 is 26.2 Å². The Hall–Kier alpha value is 0.903. The molecule has 0 unspecified atom stereocenters. The zero-order valence-electron chi connectivity index (χ0n) is 2.60. The molecule has 0 radical (unpaired) electrons. The molecule has 28 valence electrons. The van der Waals surface area contributed by atoms with Crippen molar-refractivity contribution in [1.82, 2.24) is 0 Å². The number of nitrogens with two attached hydrogens (primary N) is 2. The van der Waals surface area contributed by atoms with Crippen LogP contribution >= 0.6 is 8.01 Å². The van der Waals surface area contributed by atoms with Gasteiger partial charge in [-0.3, -0.25) is 0 Å². The molecule has 0 heterocycles. The monoisotopic (exact) mass is 168 g/mol. The van der Waals surface area contributed by atoms with Crippen LogP contribution in [0.4, 0.5) is 0 Å². The summed E-state index contributed by atoms with van der Waals surface area (Å²) in [5, 5.41) is 6.20. The molecule has 0 rings (SSSR count). The zero-order chi connectivity index (χ0) is 3.58. The van der Waals surface area contributed by atoms with Crippen molar-refractivity contribution in [2.75, 3.05) is 0 Å². The molecule has 0 fully saturated rings. The molecule has 5 heteroatoms. The van der Waals surface area contributed by atoms with Gasteiger partial charge in [-0.15, -0.1) is 11.0 Å². The van der Waals surface area contributed by atoms with Gasteiger partial charge in [0, 0.05) is 26.2 Å². The van der Waals surface area contributed by atoms with Crippen LogP contribution in [0.3, 0.4) is 0 Å². The summed E-state index contributed by atoms with van der Waals surface area (Å²) in [6.45, 7) is 0. The number of rotatable bonds is 0. The van der Waals surface area contributed by atoms with E-state index in [9.17, 15) is 0 Å². The van der Waals surface area contributed by atoms with E-state index in [4.69, 9.17) is 5.16 Å². The largest absolute Gasteiger partial charge is 0.384 e. The van der Waals surface area contributed by atoms with Gasteiger partial charge in [0.05, 0.1) is 0 Å². The van der Waals surface area contributed by atoms with Crippen LogP contribution in [-0.2, 0) is 26.2 Å². The van der Waals surface area contributed by atoms with Crippen molar-refractivity contribution in [2.24, 2.45) is 11.0 Å². The predicted molar refractivity (Wildman–Crippen MR) is 18.0 cm³/mol. The molecule has 0 aliphatic carbocycles. The number of nitrogens with one attached hydrogen (secondary N) is 1. The molecule has 0 aliphatic heterocycles. The molecule has 0 spiro atoms. The molecule has 0 aromatic carbocycles. The summed E-state index contributed by atoms with van der Waals surface area (Å²) in [7, 11) is -1.37. The first-order valence-corrected chi connectivity index (χ1v) is 2.22. The average molecular weight is 169 g/mol. The van der Waals surface area contributed by atoms with Crippen molar-refractivity contribution >= 4 is 8.01 Å². The zero-order valence-corrected chi connectivity index (χ0v) is 5.95. The minimum absolute atomic E-state index is 0. The Kier molecular flexibility index (Phi) is 9.13. The molecule has 5 heavy (non-hydrogen) atoms.